The van der Waals surface area contributed by atoms with E-state index in [2.05, 4.69) is 17.2 Å². The normalized spacial score (nSPS) is 22.2. The minimum atomic E-state index is -0.0103. The Morgan fingerprint density at radius 1 is 1.29 bits per heavy atom. The van der Waals surface area contributed by atoms with Gasteiger partial charge in [0, 0.05) is 16.9 Å². The molecule has 3 rings (SSSR count). The molecule has 0 bridgehead atoms. The summed E-state index contributed by atoms with van der Waals surface area (Å²) in [6, 6.07) is 7.96. The van der Waals surface area contributed by atoms with Gasteiger partial charge in [-0.25, -0.2) is 0 Å². The molecule has 1 aliphatic carbocycles. The van der Waals surface area contributed by atoms with Crippen molar-refractivity contribution in [3.05, 3.63) is 30.0 Å². The number of H-pyrrole nitrogens is 1. The molecule has 1 aromatic carbocycles. The quantitative estimate of drug-likeness (QED) is 0.907. The number of carbonyl (C=O) groups excluding carboxylic acids is 1. The summed E-state index contributed by atoms with van der Waals surface area (Å²) >= 11 is 0. The Kier molecular flexibility index (Phi) is 3.86. The second-order valence-corrected chi connectivity index (χ2v) is 5.98. The van der Waals surface area contributed by atoms with Gasteiger partial charge in [0.1, 0.15) is 11.4 Å². The zero-order valence-electron chi connectivity index (χ0n) is 12.6. The number of amides is 1. The minimum Gasteiger partial charge on any atom is -0.497 e. The van der Waals surface area contributed by atoms with Crippen LogP contribution in [0.2, 0.25) is 0 Å². The second kappa shape index (κ2) is 5.80. The molecular formula is C17H22N2O2. The van der Waals surface area contributed by atoms with Crippen LogP contribution in [0.1, 0.15) is 43.1 Å². The van der Waals surface area contributed by atoms with Crippen LogP contribution in [0.25, 0.3) is 10.9 Å². The van der Waals surface area contributed by atoms with Crippen molar-refractivity contribution in [2.75, 3.05) is 7.11 Å². The van der Waals surface area contributed by atoms with Gasteiger partial charge >= 0.3 is 0 Å². The Hall–Kier alpha value is -1.97. The summed E-state index contributed by atoms with van der Waals surface area (Å²) in [5, 5.41) is 4.17. The molecule has 2 aromatic rings. The van der Waals surface area contributed by atoms with E-state index in [4.69, 9.17) is 4.74 Å². The first-order valence-corrected chi connectivity index (χ1v) is 7.65. The maximum atomic E-state index is 12.4. The summed E-state index contributed by atoms with van der Waals surface area (Å²) < 4.78 is 5.21. The van der Waals surface area contributed by atoms with Crippen LogP contribution in [-0.2, 0) is 0 Å². The molecule has 0 aliphatic heterocycles. The molecular weight excluding hydrogens is 264 g/mol. The van der Waals surface area contributed by atoms with Crippen molar-refractivity contribution in [2.45, 2.75) is 38.6 Å². The van der Waals surface area contributed by atoms with E-state index >= 15 is 0 Å². The second-order valence-electron chi connectivity index (χ2n) is 5.98. The Balaban J connectivity index is 1.77. The number of ether oxygens (including phenoxy) is 1. The van der Waals surface area contributed by atoms with Crippen molar-refractivity contribution in [1.29, 1.82) is 0 Å². The van der Waals surface area contributed by atoms with Crippen LogP contribution >= 0.6 is 0 Å². The third kappa shape index (κ3) is 2.89. The number of hydrogen-bond donors (Lipinski definition) is 2. The lowest BCUT2D eigenvalue weighted by molar-refractivity contribution is 0.0906. The molecule has 2 N–H and O–H groups in total. The zero-order valence-corrected chi connectivity index (χ0v) is 12.6. The molecule has 1 fully saturated rings. The highest BCUT2D eigenvalue weighted by molar-refractivity contribution is 5.98. The summed E-state index contributed by atoms with van der Waals surface area (Å²) in [4.78, 5) is 15.6. The highest BCUT2D eigenvalue weighted by Gasteiger charge is 2.23. The van der Waals surface area contributed by atoms with Crippen molar-refractivity contribution in [1.82, 2.24) is 10.3 Å². The Bertz CT molecular complexity index is 647. The van der Waals surface area contributed by atoms with E-state index in [9.17, 15) is 4.79 Å². The number of aromatic amines is 1. The van der Waals surface area contributed by atoms with Crippen LogP contribution in [0.4, 0.5) is 0 Å². The van der Waals surface area contributed by atoms with Gasteiger partial charge in [0.2, 0.25) is 0 Å². The van der Waals surface area contributed by atoms with E-state index in [1.54, 1.807) is 7.11 Å². The Morgan fingerprint density at radius 2 is 2.10 bits per heavy atom. The topological polar surface area (TPSA) is 54.1 Å². The highest BCUT2D eigenvalue weighted by Crippen LogP contribution is 2.25. The summed E-state index contributed by atoms with van der Waals surface area (Å²) in [6.45, 7) is 2.22. The summed E-state index contributed by atoms with van der Waals surface area (Å²) in [5.74, 6) is 1.35. The lowest BCUT2D eigenvalue weighted by Crippen LogP contribution is -2.41. The third-order valence-corrected chi connectivity index (χ3v) is 4.50. The standard InChI is InChI=1S/C17H22N2O2/c1-11-5-3-4-6-14(11)19-17(20)16-10-12-9-13(21-2)7-8-15(12)18-16/h7-11,14,18H,3-6H2,1-2H3,(H,19,20)/t11-,14+/m0/s1. The van der Waals surface area contributed by atoms with Crippen LogP contribution < -0.4 is 10.1 Å². The van der Waals surface area contributed by atoms with Crippen LogP contribution in [-0.4, -0.2) is 24.0 Å². The van der Waals surface area contributed by atoms with Gasteiger partial charge in [0.15, 0.2) is 0 Å². The van der Waals surface area contributed by atoms with Gasteiger partial charge in [0.05, 0.1) is 7.11 Å². The van der Waals surface area contributed by atoms with Gasteiger partial charge in [-0.1, -0.05) is 19.8 Å². The van der Waals surface area contributed by atoms with E-state index in [-0.39, 0.29) is 5.91 Å². The lowest BCUT2D eigenvalue weighted by atomic mass is 9.86. The van der Waals surface area contributed by atoms with Crippen molar-refractivity contribution < 1.29 is 9.53 Å². The molecule has 0 saturated heterocycles. The highest BCUT2D eigenvalue weighted by atomic mass is 16.5. The first-order valence-electron chi connectivity index (χ1n) is 7.65. The van der Waals surface area contributed by atoms with Gasteiger partial charge in [-0.15, -0.1) is 0 Å². The number of nitrogens with one attached hydrogen (secondary N) is 2. The number of fused-ring (bicyclic) bond motifs is 1. The molecule has 1 aliphatic rings. The van der Waals surface area contributed by atoms with Gasteiger partial charge in [-0.05, 0) is 43.0 Å². The molecule has 4 nitrogen and oxygen atoms in total. The Morgan fingerprint density at radius 3 is 2.86 bits per heavy atom. The average molecular weight is 286 g/mol. The SMILES string of the molecule is COc1ccc2[nH]c(C(=O)N[C@@H]3CCCC[C@@H]3C)cc2c1. The molecule has 0 unspecified atom stereocenters. The van der Waals surface area contributed by atoms with Gasteiger partial charge in [0.25, 0.3) is 5.91 Å². The van der Waals surface area contributed by atoms with Crippen molar-refractivity contribution in [3.63, 3.8) is 0 Å². The summed E-state index contributed by atoms with van der Waals surface area (Å²) in [6.07, 6.45) is 4.77. The van der Waals surface area contributed by atoms with Crippen LogP contribution in [0.15, 0.2) is 24.3 Å². The van der Waals surface area contributed by atoms with Gasteiger partial charge in [-0.2, -0.15) is 0 Å². The number of carbonyl (C=O) groups is 1. The summed E-state index contributed by atoms with van der Waals surface area (Å²) in [7, 11) is 1.64. The van der Waals surface area contributed by atoms with Crippen LogP contribution in [0, 0.1) is 5.92 Å². The number of benzene rings is 1. The fourth-order valence-corrected chi connectivity index (χ4v) is 3.14. The molecule has 1 amide bonds. The van der Waals surface area contributed by atoms with Crippen LogP contribution in [0.5, 0.6) is 5.75 Å². The molecule has 1 heterocycles. The van der Waals surface area contributed by atoms with E-state index in [0.29, 0.717) is 17.7 Å². The average Bonchev–Trinajstić information content (AvgIpc) is 2.92. The number of hydrogen-bond acceptors (Lipinski definition) is 2. The molecule has 21 heavy (non-hydrogen) atoms. The van der Waals surface area contributed by atoms with E-state index in [0.717, 1.165) is 23.1 Å². The zero-order chi connectivity index (χ0) is 14.8. The predicted molar refractivity (Wildman–Crippen MR) is 83.7 cm³/mol. The molecule has 0 spiro atoms. The molecule has 0 radical (unpaired) electrons. The fourth-order valence-electron chi connectivity index (χ4n) is 3.14. The first-order chi connectivity index (χ1) is 10.2. The summed E-state index contributed by atoms with van der Waals surface area (Å²) in [5.41, 5.74) is 1.58. The van der Waals surface area contributed by atoms with E-state index < -0.39 is 0 Å². The number of methoxy groups -OCH3 is 1. The molecule has 1 aromatic heterocycles. The fraction of sp³-hybridized carbons (Fsp3) is 0.471. The maximum absolute atomic E-state index is 12.4. The third-order valence-electron chi connectivity index (χ3n) is 4.50. The first kappa shape index (κ1) is 14.0. The number of aromatic nitrogens is 1. The van der Waals surface area contributed by atoms with Gasteiger partial charge in [-0.3, -0.25) is 4.79 Å². The molecule has 112 valence electrons. The van der Waals surface area contributed by atoms with Crippen molar-refractivity contribution >= 4 is 16.8 Å². The van der Waals surface area contributed by atoms with Crippen molar-refractivity contribution in [3.8, 4) is 5.75 Å². The molecule has 4 heteroatoms. The monoisotopic (exact) mass is 286 g/mol. The maximum Gasteiger partial charge on any atom is 0.267 e. The van der Waals surface area contributed by atoms with Gasteiger partial charge < -0.3 is 15.0 Å². The molecule has 2 atom stereocenters. The minimum absolute atomic E-state index is 0.0103. The van der Waals surface area contributed by atoms with Crippen molar-refractivity contribution in [2.24, 2.45) is 5.92 Å². The predicted octanol–water partition coefficient (Wildman–Crippen LogP) is 3.49. The van der Waals surface area contributed by atoms with Crippen LogP contribution in [0.3, 0.4) is 0 Å². The smallest absolute Gasteiger partial charge is 0.267 e. The Labute approximate surface area is 124 Å². The molecule has 1 saturated carbocycles. The lowest BCUT2D eigenvalue weighted by Gasteiger charge is -2.29. The van der Waals surface area contributed by atoms with E-state index in [1.807, 2.05) is 24.3 Å². The largest absolute Gasteiger partial charge is 0.497 e. The van der Waals surface area contributed by atoms with E-state index in [1.165, 1.54) is 19.3 Å². The number of rotatable bonds is 3.